The number of aliphatic carboxylic acids is 1. The number of benzene rings is 3. The lowest BCUT2D eigenvalue weighted by Crippen LogP contribution is -2.41. The monoisotopic (exact) mass is 608 g/mol. The van der Waals surface area contributed by atoms with Gasteiger partial charge in [0, 0.05) is 21.6 Å². The molecule has 1 heterocycles. The number of carboxylic acid groups (broad SMARTS) is 1. The van der Waals surface area contributed by atoms with Gasteiger partial charge in [-0.05, 0) is 69.8 Å². The maximum Gasteiger partial charge on any atom is 0.407 e. The molecular formula is C28H25IN4O4. The van der Waals surface area contributed by atoms with E-state index in [-0.39, 0.29) is 18.9 Å². The number of carbonyl (C=O) groups excluding carboxylic acids is 1. The minimum atomic E-state index is -1.10. The van der Waals surface area contributed by atoms with Gasteiger partial charge in [0.2, 0.25) is 0 Å². The zero-order valence-electron chi connectivity index (χ0n) is 19.9. The number of hydrogen-bond acceptors (Lipinski definition) is 5. The molecule has 1 aliphatic carbocycles. The van der Waals surface area contributed by atoms with E-state index in [1.54, 1.807) is 4.68 Å². The minimum Gasteiger partial charge on any atom is -0.480 e. The van der Waals surface area contributed by atoms with Crippen molar-refractivity contribution in [3.05, 3.63) is 93.7 Å². The van der Waals surface area contributed by atoms with E-state index in [2.05, 4.69) is 50.4 Å². The third-order valence-electron chi connectivity index (χ3n) is 6.49. The van der Waals surface area contributed by atoms with Crippen molar-refractivity contribution in [2.45, 2.75) is 31.3 Å². The highest BCUT2D eigenvalue weighted by Gasteiger charge is 2.29. The molecule has 9 heteroatoms. The summed E-state index contributed by atoms with van der Waals surface area (Å²) < 4.78 is 8.32. The van der Waals surface area contributed by atoms with Gasteiger partial charge in [-0.15, -0.1) is 5.10 Å². The van der Waals surface area contributed by atoms with Crippen molar-refractivity contribution < 1.29 is 19.4 Å². The number of ether oxygens (including phenoxy) is 1. The van der Waals surface area contributed by atoms with Gasteiger partial charge in [0.25, 0.3) is 0 Å². The fourth-order valence-corrected chi connectivity index (χ4v) is 5.02. The average Bonchev–Trinajstić information content (AvgIpc) is 3.50. The Kier molecular flexibility index (Phi) is 7.50. The highest BCUT2D eigenvalue weighted by molar-refractivity contribution is 14.1. The van der Waals surface area contributed by atoms with Crippen molar-refractivity contribution in [1.82, 2.24) is 20.3 Å². The molecule has 1 aliphatic rings. The van der Waals surface area contributed by atoms with E-state index in [1.807, 2.05) is 66.9 Å². The highest BCUT2D eigenvalue weighted by Crippen LogP contribution is 2.44. The van der Waals surface area contributed by atoms with Crippen molar-refractivity contribution in [3.63, 3.8) is 0 Å². The van der Waals surface area contributed by atoms with Crippen LogP contribution in [0.5, 0.6) is 0 Å². The lowest BCUT2D eigenvalue weighted by Gasteiger charge is -2.17. The Labute approximate surface area is 227 Å². The molecule has 1 aromatic heterocycles. The van der Waals surface area contributed by atoms with Crippen LogP contribution >= 0.6 is 22.6 Å². The molecule has 0 spiro atoms. The number of halogens is 1. The van der Waals surface area contributed by atoms with Crippen LogP contribution in [-0.2, 0) is 16.1 Å². The van der Waals surface area contributed by atoms with Gasteiger partial charge in [0.15, 0.2) is 0 Å². The van der Waals surface area contributed by atoms with E-state index in [4.69, 9.17) is 4.74 Å². The van der Waals surface area contributed by atoms with Gasteiger partial charge < -0.3 is 15.2 Å². The summed E-state index contributed by atoms with van der Waals surface area (Å²) in [7, 11) is 0. The first-order valence-electron chi connectivity index (χ1n) is 12.0. The van der Waals surface area contributed by atoms with E-state index in [1.165, 1.54) is 0 Å². The smallest absolute Gasteiger partial charge is 0.407 e. The molecule has 0 unspecified atom stereocenters. The van der Waals surface area contributed by atoms with E-state index in [9.17, 15) is 14.7 Å². The standard InChI is InChI=1S/C28H25IN4O4/c29-19-13-11-18(12-14-19)26-16-33(32-31-26)15-5-10-25(27(34)35)30-28(36)37-17-24-22-8-3-1-6-20(22)21-7-2-4-9-23(21)24/h1-4,6-9,11-14,16,24-25H,5,10,15,17H2,(H,30,36)(H,34,35)/t25-/m0/s1. The summed E-state index contributed by atoms with van der Waals surface area (Å²) in [6.07, 6.45) is 1.82. The zero-order chi connectivity index (χ0) is 25.8. The van der Waals surface area contributed by atoms with Crippen LogP contribution in [0.1, 0.15) is 29.9 Å². The minimum absolute atomic E-state index is 0.0870. The van der Waals surface area contributed by atoms with Crippen LogP contribution in [0.25, 0.3) is 22.4 Å². The molecule has 2 N–H and O–H groups in total. The fraction of sp³-hybridized carbons (Fsp3) is 0.214. The van der Waals surface area contributed by atoms with Crippen molar-refractivity contribution in [2.24, 2.45) is 0 Å². The summed E-state index contributed by atoms with van der Waals surface area (Å²) >= 11 is 2.25. The first-order chi connectivity index (χ1) is 18.0. The summed E-state index contributed by atoms with van der Waals surface area (Å²) in [6.45, 7) is 0.611. The van der Waals surface area contributed by atoms with Crippen molar-refractivity contribution in [1.29, 1.82) is 0 Å². The van der Waals surface area contributed by atoms with Crippen LogP contribution in [0.3, 0.4) is 0 Å². The molecule has 37 heavy (non-hydrogen) atoms. The van der Waals surface area contributed by atoms with Gasteiger partial charge in [-0.1, -0.05) is 65.9 Å². The van der Waals surface area contributed by atoms with E-state index < -0.39 is 18.1 Å². The quantitative estimate of drug-likeness (QED) is 0.249. The lowest BCUT2D eigenvalue weighted by molar-refractivity contribution is -0.139. The van der Waals surface area contributed by atoms with Crippen LogP contribution in [0.4, 0.5) is 4.79 Å². The van der Waals surface area contributed by atoms with E-state index in [0.717, 1.165) is 37.1 Å². The number of carboxylic acids is 1. The fourth-order valence-electron chi connectivity index (χ4n) is 4.66. The van der Waals surface area contributed by atoms with Gasteiger partial charge in [-0.2, -0.15) is 0 Å². The Morgan fingerprint density at radius 1 is 1.00 bits per heavy atom. The van der Waals surface area contributed by atoms with Gasteiger partial charge in [-0.3, -0.25) is 4.68 Å². The maximum absolute atomic E-state index is 12.5. The number of carbonyl (C=O) groups is 2. The van der Waals surface area contributed by atoms with E-state index >= 15 is 0 Å². The second kappa shape index (κ2) is 11.1. The van der Waals surface area contributed by atoms with E-state index in [0.29, 0.717) is 13.0 Å². The number of aryl methyl sites for hydroxylation is 1. The predicted octanol–water partition coefficient (Wildman–Crippen LogP) is 5.32. The third kappa shape index (κ3) is 5.66. The van der Waals surface area contributed by atoms with Crippen LogP contribution in [0, 0.1) is 3.57 Å². The molecule has 0 saturated carbocycles. The largest absolute Gasteiger partial charge is 0.480 e. The van der Waals surface area contributed by atoms with Crippen LogP contribution in [-0.4, -0.2) is 44.8 Å². The Morgan fingerprint density at radius 3 is 2.30 bits per heavy atom. The number of aromatic nitrogens is 3. The van der Waals surface area contributed by atoms with Crippen molar-refractivity contribution in [3.8, 4) is 22.4 Å². The number of fused-ring (bicyclic) bond motifs is 3. The molecule has 1 atom stereocenters. The summed E-state index contributed by atoms with van der Waals surface area (Å²) in [4.78, 5) is 24.3. The van der Waals surface area contributed by atoms with Gasteiger partial charge in [-0.25, -0.2) is 9.59 Å². The number of amides is 1. The molecule has 3 aromatic carbocycles. The third-order valence-corrected chi connectivity index (χ3v) is 7.21. The predicted molar refractivity (Wildman–Crippen MR) is 147 cm³/mol. The molecule has 0 aliphatic heterocycles. The first-order valence-corrected chi connectivity index (χ1v) is 13.1. The average molecular weight is 608 g/mol. The Balaban J connectivity index is 1.14. The topological polar surface area (TPSA) is 106 Å². The number of alkyl carbamates (subject to hydrolysis) is 1. The molecule has 8 nitrogen and oxygen atoms in total. The molecule has 1 amide bonds. The van der Waals surface area contributed by atoms with Crippen LogP contribution in [0.15, 0.2) is 79.0 Å². The second-order valence-electron chi connectivity index (χ2n) is 8.88. The maximum atomic E-state index is 12.5. The van der Waals surface area contributed by atoms with Crippen LogP contribution < -0.4 is 5.32 Å². The summed E-state index contributed by atoms with van der Waals surface area (Å²) in [6, 6.07) is 23.0. The number of rotatable bonds is 9. The lowest BCUT2D eigenvalue weighted by atomic mass is 9.98. The molecular weight excluding hydrogens is 583 g/mol. The SMILES string of the molecule is O=C(N[C@@H](CCCn1cc(-c2ccc(I)cc2)nn1)C(=O)O)OCC1c2ccccc2-c2ccccc21. The molecule has 188 valence electrons. The molecule has 0 radical (unpaired) electrons. The van der Waals surface area contributed by atoms with Crippen LogP contribution in [0.2, 0.25) is 0 Å². The van der Waals surface area contributed by atoms with Gasteiger partial charge in [0.1, 0.15) is 18.3 Å². The second-order valence-corrected chi connectivity index (χ2v) is 10.1. The number of hydrogen-bond donors (Lipinski definition) is 2. The Bertz CT molecular complexity index is 1370. The van der Waals surface area contributed by atoms with Gasteiger partial charge in [0.05, 0.1) is 6.20 Å². The molecule has 0 bridgehead atoms. The highest BCUT2D eigenvalue weighted by atomic mass is 127. The van der Waals surface area contributed by atoms with Crippen molar-refractivity contribution >= 4 is 34.7 Å². The summed E-state index contributed by atoms with van der Waals surface area (Å²) in [5.41, 5.74) is 6.19. The molecule has 5 rings (SSSR count). The van der Waals surface area contributed by atoms with Crippen molar-refractivity contribution in [2.75, 3.05) is 6.61 Å². The zero-order valence-corrected chi connectivity index (χ0v) is 22.0. The Hall–Kier alpha value is -3.73. The Morgan fingerprint density at radius 2 is 1.65 bits per heavy atom. The normalized spacial score (nSPS) is 13.0. The summed E-state index contributed by atoms with van der Waals surface area (Å²) in [5.74, 6) is -1.19. The number of nitrogens with one attached hydrogen (secondary N) is 1. The first kappa shape index (κ1) is 24.9. The molecule has 0 saturated heterocycles. The summed E-state index contributed by atoms with van der Waals surface area (Å²) in [5, 5.41) is 20.5. The molecule has 4 aromatic rings. The molecule has 0 fully saturated rings. The number of nitrogens with zero attached hydrogens (tertiary/aromatic N) is 3. The van der Waals surface area contributed by atoms with Gasteiger partial charge >= 0.3 is 12.1 Å².